The van der Waals surface area contributed by atoms with Gasteiger partial charge in [0.05, 0.1) is 6.54 Å². The van der Waals surface area contributed by atoms with Crippen LogP contribution in [0.25, 0.3) is 0 Å². The van der Waals surface area contributed by atoms with Crippen molar-refractivity contribution in [3.63, 3.8) is 0 Å². The van der Waals surface area contributed by atoms with Gasteiger partial charge in [-0.15, -0.1) is 0 Å². The molecule has 1 aromatic carbocycles. The number of aryl methyl sites for hydroxylation is 1. The molecule has 0 atom stereocenters. The summed E-state index contributed by atoms with van der Waals surface area (Å²) in [5.74, 6) is 0.888. The lowest BCUT2D eigenvalue weighted by atomic mass is 10.1. The van der Waals surface area contributed by atoms with Crippen molar-refractivity contribution in [2.45, 2.75) is 20.4 Å². The Kier molecular flexibility index (Phi) is 3.82. The maximum atomic E-state index is 11.5. The first-order valence-electron chi connectivity index (χ1n) is 6.03. The Hall–Kier alpha value is -2.03. The SMILES string of the molecule is Cc1cccc(OCCn2ccccc2=O)c1C. The van der Waals surface area contributed by atoms with Crippen LogP contribution in [0.5, 0.6) is 5.75 Å². The van der Waals surface area contributed by atoms with Gasteiger partial charge in [-0.05, 0) is 37.1 Å². The van der Waals surface area contributed by atoms with Gasteiger partial charge in [0, 0.05) is 12.3 Å². The van der Waals surface area contributed by atoms with E-state index in [0.29, 0.717) is 13.2 Å². The number of hydrogen-bond acceptors (Lipinski definition) is 2. The topological polar surface area (TPSA) is 31.2 Å². The largest absolute Gasteiger partial charge is 0.491 e. The summed E-state index contributed by atoms with van der Waals surface area (Å²) in [5, 5.41) is 0. The Bertz CT molecular complexity index is 587. The standard InChI is InChI=1S/C15H17NO2/c1-12-6-5-7-14(13(12)2)18-11-10-16-9-4-3-8-15(16)17/h3-9H,10-11H2,1-2H3. The molecular formula is C15H17NO2. The lowest BCUT2D eigenvalue weighted by Crippen LogP contribution is -2.21. The molecule has 0 bridgehead atoms. The van der Waals surface area contributed by atoms with Crippen molar-refractivity contribution < 1.29 is 4.74 Å². The predicted octanol–water partition coefficient (Wildman–Crippen LogP) is 2.54. The summed E-state index contributed by atoms with van der Waals surface area (Å²) in [6.07, 6.45) is 1.77. The minimum Gasteiger partial charge on any atom is -0.491 e. The van der Waals surface area contributed by atoms with Crippen molar-refractivity contribution in [3.8, 4) is 5.75 Å². The second kappa shape index (κ2) is 5.54. The highest BCUT2D eigenvalue weighted by Gasteiger charge is 2.01. The highest BCUT2D eigenvalue weighted by atomic mass is 16.5. The van der Waals surface area contributed by atoms with E-state index in [-0.39, 0.29) is 5.56 Å². The van der Waals surface area contributed by atoms with Crippen molar-refractivity contribution in [2.75, 3.05) is 6.61 Å². The van der Waals surface area contributed by atoms with Crippen LogP contribution in [0.2, 0.25) is 0 Å². The molecule has 0 N–H and O–H groups in total. The molecule has 0 radical (unpaired) electrons. The minimum absolute atomic E-state index is 0.00191. The van der Waals surface area contributed by atoms with Gasteiger partial charge in [0.1, 0.15) is 12.4 Å². The molecule has 0 fully saturated rings. The molecule has 1 heterocycles. The third-order valence-corrected chi connectivity index (χ3v) is 3.04. The van der Waals surface area contributed by atoms with E-state index in [0.717, 1.165) is 11.3 Å². The highest BCUT2D eigenvalue weighted by Crippen LogP contribution is 2.20. The molecule has 0 saturated heterocycles. The van der Waals surface area contributed by atoms with Crippen LogP contribution in [-0.4, -0.2) is 11.2 Å². The number of ether oxygens (including phenoxy) is 1. The summed E-state index contributed by atoms with van der Waals surface area (Å²) in [6.45, 7) is 5.16. The second-order valence-electron chi connectivity index (χ2n) is 4.28. The Balaban J connectivity index is 1.99. The summed E-state index contributed by atoms with van der Waals surface area (Å²) < 4.78 is 7.36. The maximum absolute atomic E-state index is 11.5. The smallest absolute Gasteiger partial charge is 0.250 e. The average molecular weight is 243 g/mol. The van der Waals surface area contributed by atoms with E-state index in [4.69, 9.17) is 4.74 Å². The predicted molar refractivity (Wildman–Crippen MR) is 72.1 cm³/mol. The van der Waals surface area contributed by atoms with Gasteiger partial charge in [-0.2, -0.15) is 0 Å². The third kappa shape index (κ3) is 2.80. The summed E-state index contributed by atoms with van der Waals surface area (Å²) in [5.41, 5.74) is 2.37. The van der Waals surface area contributed by atoms with Gasteiger partial charge < -0.3 is 9.30 Å². The van der Waals surface area contributed by atoms with Crippen LogP contribution in [0.1, 0.15) is 11.1 Å². The van der Waals surface area contributed by atoms with Crippen LogP contribution >= 0.6 is 0 Å². The zero-order valence-corrected chi connectivity index (χ0v) is 10.7. The fourth-order valence-electron chi connectivity index (χ4n) is 1.78. The minimum atomic E-state index is 0.00191. The molecule has 0 saturated carbocycles. The number of rotatable bonds is 4. The van der Waals surface area contributed by atoms with Crippen LogP contribution in [-0.2, 0) is 6.54 Å². The lowest BCUT2D eigenvalue weighted by Gasteiger charge is -2.11. The van der Waals surface area contributed by atoms with Crippen LogP contribution < -0.4 is 10.3 Å². The van der Waals surface area contributed by atoms with Gasteiger partial charge in [0.15, 0.2) is 0 Å². The van der Waals surface area contributed by atoms with E-state index in [1.807, 2.05) is 25.1 Å². The van der Waals surface area contributed by atoms with Gasteiger partial charge >= 0.3 is 0 Å². The molecule has 0 aliphatic rings. The molecule has 1 aromatic heterocycles. The number of aromatic nitrogens is 1. The average Bonchev–Trinajstić information content (AvgIpc) is 2.37. The van der Waals surface area contributed by atoms with E-state index < -0.39 is 0 Å². The fraction of sp³-hybridized carbons (Fsp3) is 0.267. The molecule has 0 spiro atoms. The summed E-state index contributed by atoms with van der Waals surface area (Å²) in [7, 11) is 0. The van der Waals surface area contributed by atoms with Gasteiger partial charge in [0.25, 0.3) is 5.56 Å². The molecule has 0 aliphatic carbocycles. The molecule has 2 rings (SSSR count). The first-order chi connectivity index (χ1) is 8.68. The van der Waals surface area contributed by atoms with Crippen LogP contribution in [0.4, 0.5) is 0 Å². The van der Waals surface area contributed by atoms with Gasteiger partial charge in [0.2, 0.25) is 0 Å². The molecule has 3 nitrogen and oxygen atoms in total. The quantitative estimate of drug-likeness (QED) is 0.826. The van der Waals surface area contributed by atoms with Crippen molar-refractivity contribution in [3.05, 3.63) is 64.1 Å². The molecule has 2 aromatic rings. The van der Waals surface area contributed by atoms with Crippen LogP contribution in [0.3, 0.4) is 0 Å². The van der Waals surface area contributed by atoms with E-state index in [1.54, 1.807) is 22.9 Å². The van der Waals surface area contributed by atoms with Crippen molar-refractivity contribution in [1.82, 2.24) is 4.57 Å². The molecule has 94 valence electrons. The van der Waals surface area contributed by atoms with Gasteiger partial charge in [-0.25, -0.2) is 0 Å². The fourth-order valence-corrected chi connectivity index (χ4v) is 1.78. The molecule has 0 aliphatic heterocycles. The Morgan fingerprint density at radius 3 is 2.72 bits per heavy atom. The van der Waals surface area contributed by atoms with Gasteiger partial charge in [-0.1, -0.05) is 18.2 Å². The Labute approximate surface area is 107 Å². The Morgan fingerprint density at radius 1 is 1.11 bits per heavy atom. The maximum Gasteiger partial charge on any atom is 0.250 e. The molecule has 18 heavy (non-hydrogen) atoms. The first kappa shape index (κ1) is 12.4. The monoisotopic (exact) mass is 243 g/mol. The van der Waals surface area contributed by atoms with Gasteiger partial charge in [-0.3, -0.25) is 4.79 Å². The number of hydrogen-bond donors (Lipinski definition) is 0. The van der Waals surface area contributed by atoms with E-state index in [2.05, 4.69) is 13.0 Å². The summed E-state index contributed by atoms with van der Waals surface area (Å²) in [6, 6.07) is 11.1. The number of nitrogens with zero attached hydrogens (tertiary/aromatic N) is 1. The van der Waals surface area contributed by atoms with E-state index in [9.17, 15) is 4.79 Å². The Morgan fingerprint density at radius 2 is 1.94 bits per heavy atom. The molecule has 0 unspecified atom stereocenters. The summed E-state index contributed by atoms with van der Waals surface area (Å²) >= 11 is 0. The zero-order valence-electron chi connectivity index (χ0n) is 10.7. The van der Waals surface area contributed by atoms with E-state index in [1.165, 1.54) is 5.56 Å². The number of pyridine rings is 1. The first-order valence-corrected chi connectivity index (χ1v) is 6.03. The van der Waals surface area contributed by atoms with Crippen molar-refractivity contribution in [1.29, 1.82) is 0 Å². The zero-order chi connectivity index (χ0) is 13.0. The van der Waals surface area contributed by atoms with Crippen molar-refractivity contribution in [2.24, 2.45) is 0 Å². The van der Waals surface area contributed by atoms with E-state index >= 15 is 0 Å². The highest BCUT2D eigenvalue weighted by molar-refractivity contribution is 5.38. The summed E-state index contributed by atoms with van der Waals surface area (Å²) in [4.78, 5) is 11.5. The third-order valence-electron chi connectivity index (χ3n) is 3.04. The molecule has 0 amide bonds. The molecule has 3 heteroatoms. The van der Waals surface area contributed by atoms with Crippen LogP contribution in [0.15, 0.2) is 47.4 Å². The number of benzene rings is 1. The van der Waals surface area contributed by atoms with Crippen molar-refractivity contribution >= 4 is 0 Å². The molecular weight excluding hydrogens is 226 g/mol. The van der Waals surface area contributed by atoms with Crippen LogP contribution in [0, 0.1) is 13.8 Å². The second-order valence-corrected chi connectivity index (χ2v) is 4.28. The lowest BCUT2D eigenvalue weighted by molar-refractivity contribution is 0.294. The normalized spacial score (nSPS) is 10.3.